The van der Waals surface area contributed by atoms with Gasteiger partial charge in [0, 0.05) is 25.8 Å². The first kappa shape index (κ1) is 13.3. The molecule has 0 aliphatic heterocycles. The van der Waals surface area contributed by atoms with Gasteiger partial charge in [-0.15, -0.1) is 0 Å². The van der Waals surface area contributed by atoms with Gasteiger partial charge in [-0.05, 0) is 13.8 Å². The van der Waals surface area contributed by atoms with Crippen LogP contribution in [0.25, 0.3) is 0 Å². The second-order valence-corrected chi connectivity index (χ2v) is 3.31. The van der Waals surface area contributed by atoms with E-state index in [2.05, 4.69) is 17.9 Å². The predicted molar refractivity (Wildman–Crippen MR) is 59.4 cm³/mol. The lowest BCUT2D eigenvalue weighted by Crippen LogP contribution is -2.49. The van der Waals surface area contributed by atoms with Crippen molar-refractivity contribution in [3.05, 3.63) is 0 Å². The van der Waals surface area contributed by atoms with E-state index in [9.17, 15) is 9.59 Å². The molecular formula is C9H18N2O2S. The maximum atomic E-state index is 11.7. The number of thiol groups is 1. The summed E-state index contributed by atoms with van der Waals surface area (Å²) in [5.41, 5.74) is 0. The average molecular weight is 218 g/mol. The van der Waals surface area contributed by atoms with Crippen LogP contribution < -0.4 is 5.32 Å². The van der Waals surface area contributed by atoms with Gasteiger partial charge < -0.3 is 10.2 Å². The lowest BCUT2D eigenvalue weighted by atomic mass is 10.2. The van der Waals surface area contributed by atoms with Crippen LogP contribution in [-0.4, -0.2) is 41.6 Å². The lowest BCUT2D eigenvalue weighted by molar-refractivity contribution is -0.135. The number of hydrogen-bond acceptors (Lipinski definition) is 3. The normalized spacial score (nSPS) is 12.0. The molecule has 0 aliphatic carbocycles. The van der Waals surface area contributed by atoms with Crippen LogP contribution in [0, 0.1) is 0 Å². The predicted octanol–water partition coefficient (Wildman–Crippen LogP) is 0.289. The molecule has 82 valence electrons. The summed E-state index contributed by atoms with van der Waals surface area (Å²) in [6.07, 6.45) is 0. The van der Waals surface area contributed by atoms with Crippen molar-refractivity contribution in [3.8, 4) is 0 Å². The van der Waals surface area contributed by atoms with Gasteiger partial charge in [-0.3, -0.25) is 9.59 Å². The van der Waals surface area contributed by atoms with Gasteiger partial charge in [0.05, 0.1) is 0 Å². The minimum atomic E-state index is -0.504. The minimum Gasteiger partial charge on any atom is -0.344 e. The van der Waals surface area contributed by atoms with Crippen LogP contribution in [0.1, 0.15) is 20.8 Å². The summed E-state index contributed by atoms with van der Waals surface area (Å²) >= 11 is 4.04. The van der Waals surface area contributed by atoms with Gasteiger partial charge in [0.15, 0.2) is 0 Å². The van der Waals surface area contributed by atoms with Crippen molar-refractivity contribution in [2.45, 2.75) is 26.8 Å². The quantitative estimate of drug-likeness (QED) is 0.652. The number of nitrogens with zero attached hydrogens (tertiary/aromatic N) is 1. The molecule has 0 aromatic carbocycles. The minimum absolute atomic E-state index is 0.0693. The van der Waals surface area contributed by atoms with Gasteiger partial charge in [-0.1, -0.05) is 0 Å². The van der Waals surface area contributed by atoms with Gasteiger partial charge in [-0.2, -0.15) is 12.6 Å². The highest BCUT2D eigenvalue weighted by atomic mass is 32.1. The van der Waals surface area contributed by atoms with E-state index >= 15 is 0 Å². The Labute approximate surface area is 90.4 Å². The van der Waals surface area contributed by atoms with Gasteiger partial charge >= 0.3 is 0 Å². The Morgan fingerprint density at radius 2 is 1.86 bits per heavy atom. The van der Waals surface area contributed by atoms with Crippen LogP contribution in [0.2, 0.25) is 0 Å². The van der Waals surface area contributed by atoms with Crippen LogP contribution in [0.15, 0.2) is 0 Å². The largest absolute Gasteiger partial charge is 0.344 e. The number of likely N-dealkylation sites (N-methyl/N-ethyl adjacent to an activating group) is 1. The maximum absolute atomic E-state index is 11.7. The van der Waals surface area contributed by atoms with Crippen LogP contribution >= 0.6 is 12.6 Å². The summed E-state index contributed by atoms with van der Waals surface area (Å²) in [6, 6.07) is -0.504. The van der Waals surface area contributed by atoms with E-state index in [1.807, 2.05) is 13.8 Å². The molecule has 2 amide bonds. The van der Waals surface area contributed by atoms with Crippen LogP contribution in [0.3, 0.4) is 0 Å². The molecule has 0 fully saturated rings. The van der Waals surface area contributed by atoms with Crippen molar-refractivity contribution < 1.29 is 9.59 Å². The molecule has 0 saturated carbocycles. The van der Waals surface area contributed by atoms with Crippen LogP contribution in [0.5, 0.6) is 0 Å². The molecule has 4 nitrogen and oxygen atoms in total. The van der Waals surface area contributed by atoms with Gasteiger partial charge in [0.25, 0.3) is 0 Å². The number of carbonyl (C=O) groups excluding carboxylic acids is 2. The summed E-state index contributed by atoms with van der Waals surface area (Å²) in [7, 11) is 0. The van der Waals surface area contributed by atoms with E-state index in [4.69, 9.17) is 0 Å². The summed E-state index contributed by atoms with van der Waals surface area (Å²) in [6.45, 7) is 6.51. The van der Waals surface area contributed by atoms with Crippen molar-refractivity contribution >= 4 is 24.4 Å². The lowest BCUT2D eigenvalue weighted by Gasteiger charge is -2.24. The van der Waals surface area contributed by atoms with Gasteiger partial charge in [-0.25, -0.2) is 0 Å². The fourth-order valence-electron chi connectivity index (χ4n) is 1.19. The molecule has 0 unspecified atom stereocenters. The zero-order chi connectivity index (χ0) is 11.1. The molecule has 0 saturated heterocycles. The summed E-state index contributed by atoms with van der Waals surface area (Å²) in [5.74, 6) is 0.0549. The third-order valence-corrected chi connectivity index (χ3v) is 2.30. The highest BCUT2D eigenvalue weighted by Gasteiger charge is 2.21. The Bertz CT molecular complexity index is 205. The van der Waals surface area contributed by atoms with E-state index in [1.54, 1.807) is 4.90 Å². The smallest absolute Gasteiger partial charge is 0.245 e. The Kier molecular flexibility index (Phi) is 6.36. The molecule has 1 atom stereocenters. The van der Waals surface area contributed by atoms with E-state index in [0.29, 0.717) is 18.8 Å². The van der Waals surface area contributed by atoms with E-state index in [-0.39, 0.29) is 11.8 Å². The Hall–Kier alpha value is -0.710. The van der Waals surface area contributed by atoms with Crippen molar-refractivity contribution in [1.29, 1.82) is 0 Å². The second kappa shape index (κ2) is 6.70. The topological polar surface area (TPSA) is 49.4 Å². The molecule has 0 radical (unpaired) electrons. The Morgan fingerprint density at radius 1 is 1.36 bits per heavy atom. The highest BCUT2D eigenvalue weighted by Crippen LogP contribution is 1.97. The van der Waals surface area contributed by atoms with Crippen LogP contribution in [0.4, 0.5) is 0 Å². The third kappa shape index (κ3) is 4.00. The standard InChI is InChI=1S/C9H18N2O2S/c1-4-11(5-2)9(13)8(6-14)10-7(3)12/h8,14H,4-6H2,1-3H3,(H,10,12)/t8-/m0/s1. The number of amides is 2. The molecule has 0 aromatic rings. The van der Waals surface area contributed by atoms with Crippen molar-refractivity contribution in [3.63, 3.8) is 0 Å². The Balaban J connectivity index is 4.35. The molecule has 14 heavy (non-hydrogen) atoms. The number of nitrogens with one attached hydrogen (secondary N) is 1. The van der Waals surface area contributed by atoms with Gasteiger partial charge in [0.2, 0.25) is 11.8 Å². The molecule has 0 aliphatic rings. The molecule has 0 aromatic heterocycles. The second-order valence-electron chi connectivity index (χ2n) is 2.95. The fourth-order valence-corrected chi connectivity index (χ4v) is 1.43. The number of rotatable bonds is 5. The molecule has 0 bridgehead atoms. The van der Waals surface area contributed by atoms with Crippen molar-refractivity contribution in [2.24, 2.45) is 0 Å². The molecule has 0 rings (SSSR count). The van der Waals surface area contributed by atoms with E-state index in [0.717, 1.165) is 0 Å². The molecular weight excluding hydrogens is 200 g/mol. The van der Waals surface area contributed by atoms with E-state index in [1.165, 1.54) is 6.92 Å². The van der Waals surface area contributed by atoms with Gasteiger partial charge in [0.1, 0.15) is 6.04 Å². The first-order valence-electron chi connectivity index (χ1n) is 4.73. The Morgan fingerprint density at radius 3 is 2.14 bits per heavy atom. The highest BCUT2D eigenvalue weighted by molar-refractivity contribution is 7.80. The number of carbonyl (C=O) groups is 2. The first-order chi connectivity index (χ1) is 6.56. The third-order valence-electron chi connectivity index (χ3n) is 1.93. The molecule has 0 heterocycles. The van der Waals surface area contributed by atoms with E-state index < -0.39 is 6.04 Å². The van der Waals surface area contributed by atoms with Crippen molar-refractivity contribution in [2.75, 3.05) is 18.8 Å². The summed E-state index contributed by atoms with van der Waals surface area (Å²) in [5, 5.41) is 2.57. The number of hydrogen-bond donors (Lipinski definition) is 2. The molecule has 1 N–H and O–H groups in total. The summed E-state index contributed by atoms with van der Waals surface area (Å²) in [4.78, 5) is 24.2. The van der Waals surface area contributed by atoms with Crippen molar-refractivity contribution in [1.82, 2.24) is 10.2 Å². The monoisotopic (exact) mass is 218 g/mol. The SMILES string of the molecule is CCN(CC)C(=O)[C@H](CS)NC(C)=O. The first-order valence-corrected chi connectivity index (χ1v) is 5.36. The average Bonchev–Trinajstić information content (AvgIpc) is 2.15. The van der Waals surface area contributed by atoms with Crippen LogP contribution in [-0.2, 0) is 9.59 Å². The molecule has 0 spiro atoms. The zero-order valence-corrected chi connectivity index (χ0v) is 9.80. The summed E-state index contributed by atoms with van der Waals surface area (Å²) < 4.78 is 0. The zero-order valence-electron chi connectivity index (χ0n) is 8.91. The molecule has 5 heteroatoms. The fraction of sp³-hybridized carbons (Fsp3) is 0.778. The maximum Gasteiger partial charge on any atom is 0.245 e.